The molecule has 0 bridgehead atoms. The second-order valence-corrected chi connectivity index (χ2v) is 5.20. The van der Waals surface area contributed by atoms with Crippen molar-refractivity contribution in [3.8, 4) is 0 Å². The molecule has 90 valence electrons. The Kier molecular flexibility index (Phi) is 4.78. The standard InChI is InChI=1S/C12H25NO2/c1-8(2)12(7,11(14)15)13(9(3)4)10(5)6/h8-10H,1-7H3,(H,14,15). The Morgan fingerprint density at radius 1 is 1.07 bits per heavy atom. The van der Waals surface area contributed by atoms with Gasteiger partial charge in [-0.3, -0.25) is 9.69 Å². The Balaban J connectivity index is 5.29. The van der Waals surface area contributed by atoms with E-state index in [1.165, 1.54) is 0 Å². The molecule has 0 aromatic carbocycles. The SMILES string of the molecule is CC(C)N(C(C)C)C(C)(C(=O)O)C(C)C. The molecule has 0 radical (unpaired) electrons. The molecule has 0 saturated carbocycles. The summed E-state index contributed by atoms with van der Waals surface area (Å²) in [6.07, 6.45) is 0. The van der Waals surface area contributed by atoms with Crippen LogP contribution < -0.4 is 0 Å². The molecule has 15 heavy (non-hydrogen) atoms. The number of nitrogens with zero attached hydrogens (tertiary/aromatic N) is 1. The van der Waals surface area contributed by atoms with Crippen LogP contribution in [0.15, 0.2) is 0 Å². The summed E-state index contributed by atoms with van der Waals surface area (Å²) in [4.78, 5) is 13.5. The second kappa shape index (κ2) is 4.97. The molecule has 0 aromatic rings. The average Bonchev–Trinajstić information content (AvgIpc) is 2.01. The fraction of sp³-hybridized carbons (Fsp3) is 0.917. The lowest BCUT2D eigenvalue weighted by Gasteiger charge is -2.46. The van der Waals surface area contributed by atoms with E-state index in [1.807, 2.05) is 48.5 Å². The lowest BCUT2D eigenvalue weighted by Crippen LogP contribution is -2.60. The molecule has 0 amide bonds. The van der Waals surface area contributed by atoms with Gasteiger partial charge < -0.3 is 5.11 Å². The molecule has 0 heterocycles. The molecule has 1 atom stereocenters. The van der Waals surface area contributed by atoms with Crippen LogP contribution in [0.3, 0.4) is 0 Å². The second-order valence-electron chi connectivity index (χ2n) is 5.20. The van der Waals surface area contributed by atoms with E-state index in [4.69, 9.17) is 0 Å². The van der Waals surface area contributed by atoms with Crippen molar-refractivity contribution < 1.29 is 9.90 Å². The summed E-state index contributed by atoms with van der Waals surface area (Å²) in [7, 11) is 0. The topological polar surface area (TPSA) is 40.5 Å². The van der Waals surface area contributed by atoms with E-state index in [0.717, 1.165) is 0 Å². The summed E-state index contributed by atoms with van der Waals surface area (Å²) in [5.74, 6) is -0.653. The van der Waals surface area contributed by atoms with Gasteiger partial charge in [0.05, 0.1) is 0 Å². The molecule has 0 fully saturated rings. The van der Waals surface area contributed by atoms with E-state index in [1.54, 1.807) is 0 Å². The van der Waals surface area contributed by atoms with Crippen molar-refractivity contribution in [1.29, 1.82) is 0 Å². The number of rotatable bonds is 5. The number of hydrogen-bond acceptors (Lipinski definition) is 2. The minimum absolute atomic E-state index is 0.0831. The fourth-order valence-electron chi connectivity index (χ4n) is 2.32. The van der Waals surface area contributed by atoms with E-state index in [0.29, 0.717) is 0 Å². The van der Waals surface area contributed by atoms with Crippen LogP contribution in [0.2, 0.25) is 0 Å². The van der Waals surface area contributed by atoms with Crippen molar-refractivity contribution in [3.05, 3.63) is 0 Å². The minimum Gasteiger partial charge on any atom is -0.480 e. The Labute approximate surface area is 93.5 Å². The van der Waals surface area contributed by atoms with Crippen LogP contribution >= 0.6 is 0 Å². The van der Waals surface area contributed by atoms with Gasteiger partial charge in [0.25, 0.3) is 0 Å². The average molecular weight is 215 g/mol. The van der Waals surface area contributed by atoms with Crippen LogP contribution in [0.1, 0.15) is 48.5 Å². The van der Waals surface area contributed by atoms with Gasteiger partial charge in [0, 0.05) is 12.1 Å². The third kappa shape index (κ3) is 2.71. The molecule has 0 aliphatic rings. The molecule has 0 aliphatic carbocycles. The Bertz CT molecular complexity index is 216. The van der Waals surface area contributed by atoms with Crippen molar-refractivity contribution in [2.24, 2.45) is 5.92 Å². The van der Waals surface area contributed by atoms with Gasteiger partial charge in [-0.15, -0.1) is 0 Å². The Hall–Kier alpha value is -0.570. The molecule has 1 unspecified atom stereocenters. The third-order valence-corrected chi connectivity index (χ3v) is 3.21. The van der Waals surface area contributed by atoms with Gasteiger partial charge >= 0.3 is 5.97 Å². The summed E-state index contributed by atoms with van der Waals surface area (Å²) >= 11 is 0. The van der Waals surface area contributed by atoms with Gasteiger partial charge in [0.15, 0.2) is 0 Å². The van der Waals surface area contributed by atoms with Crippen molar-refractivity contribution in [2.45, 2.75) is 66.1 Å². The van der Waals surface area contributed by atoms with Crippen LogP contribution in [0.4, 0.5) is 0 Å². The molecular formula is C12H25NO2. The van der Waals surface area contributed by atoms with Crippen molar-refractivity contribution in [3.63, 3.8) is 0 Å². The normalized spacial score (nSPS) is 16.5. The zero-order valence-corrected chi connectivity index (χ0v) is 11.0. The van der Waals surface area contributed by atoms with E-state index < -0.39 is 11.5 Å². The minimum atomic E-state index is -0.789. The highest BCUT2D eigenvalue weighted by Gasteiger charge is 2.44. The van der Waals surface area contributed by atoms with Gasteiger partial charge in [-0.2, -0.15) is 0 Å². The fourth-order valence-corrected chi connectivity index (χ4v) is 2.32. The first kappa shape index (κ1) is 14.4. The number of carboxylic acids is 1. The van der Waals surface area contributed by atoms with Crippen LogP contribution in [0.5, 0.6) is 0 Å². The van der Waals surface area contributed by atoms with Gasteiger partial charge in [-0.1, -0.05) is 13.8 Å². The van der Waals surface area contributed by atoms with Gasteiger partial charge in [0.1, 0.15) is 5.54 Å². The van der Waals surface area contributed by atoms with Gasteiger partial charge in [-0.25, -0.2) is 0 Å². The monoisotopic (exact) mass is 215 g/mol. The van der Waals surface area contributed by atoms with E-state index in [-0.39, 0.29) is 18.0 Å². The first-order chi connectivity index (χ1) is 6.65. The van der Waals surface area contributed by atoms with E-state index in [9.17, 15) is 9.90 Å². The third-order valence-electron chi connectivity index (χ3n) is 3.21. The maximum absolute atomic E-state index is 11.5. The number of aliphatic carboxylic acids is 1. The first-order valence-electron chi connectivity index (χ1n) is 5.67. The largest absolute Gasteiger partial charge is 0.480 e. The van der Waals surface area contributed by atoms with Crippen LogP contribution in [-0.2, 0) is 4.79 Å². The summed E-state index contributed by atoms with van der Waals surface area (Å²) in [5, 5.41) is 9.43. The molecular weight excluding hydrogens is 190 g/mol. The van der Waals surface area contributed by atoms with Gasteiger partial charge in [-0.05, 0) is 40.5 Å². The van der Waals surface area contributed by atoms with Crippen LogP contribution in [0, 0.1) is 5.92 Å². The highest BCUT2D eigenvalue weighted by atomic mass is 16.4. The predicted octanol–water partition coefficient (Wildman–Crippen LogP) is 2.60. The number of carboxylic acid groups (broad SMARTS) is 1. The zero-order chi connectivity index (χ0) is 12.4. The molecule has 3 nitrogen and oxygen atoms in total. The lowest BCUT2D eigenvalue weighted by molar-refractivity contribution is -0.157. The van der Waals surface area contributed by atoms with E-state index in [2.05, 4.69) is 4.90 Å². The van der Waals surface area contributed by atoms with Crippen molar-refractivity contribution >= 4 is 5.97 Å². The number of carbonyl (C=O) groups is 1. The van der Waals surface area contributed by atoms with Crippen molar-refractivity contribution in [2.75, 3.05) is 0 Å². The lowest BCUT2D eigenvalue weighted by atomic mass is 9.84. The van der Waals surface area contributed by atoms with Gasteiger partial charge in [0.2, 0.25) is 0 Å². The first-order valence-corrected chi connectivity index (χ1v) is 5.67. The maximum atomic E-state index is 11.5. The smallest absolute Gasteiger partial charge is 0.324 e. The maximum Gasteiger partial charge on any atom is 0.324 e. The summed E-state index contributed by atoms with van der Waals surface area (Å²) < 4.78 is 0. The summed E-state index contributed by atoms with van der Waals surface area (Å²) in [6.45, 7) is 13.9. The quantitative estimate of drug-likeness (QED) is 0.766. The molecule has 0 saturated heterocycles. The zero-order valence-electron chi connectivity index (χ0n) is 11.0. The predicted molar refractivity (Wildman–Crippen MR) is 63.0 cm³/mol. The molecule has 0 aliphatic heterocycles. The summed E-state index contributed by atoms with van der Waals surface area (Å²) in [5.41, 5.74) is -0.789. The molecule has 0 spiro atoms. The Morgan fingerprint density at radius 2 is 1.40 bits per heavy atom. The molecule has 0 aromatic heterocycles. The van der Waals surface area contributed by atoms with E-state index >= 15 is 0 Å². The van der Waals surface area contributed by atoms with Crippen LogP contribution in [0.25, 0.3) is 0 Å². The summed E-state index contributed by atoms with van der Waals surface area (Å²) in [6, 6.07) is 0.460. The molecule has 1 N–H and O–H groups in total. The number of hydrogen-bond donors (Lipinski definition) is 1. The Morgan fingerprint density at radius 3 is 1.47 bits per heavy atom. The molecule has 3 heteroatoms. The highest BCUT2D eigenvalue weighted by molar-refractivity contribution is 5.78. The molecule has 0 rings (SSSR count). The van der Waals surface area contributed by atoms with Crippen molar-refractivity contribution in [1.82, 2.24) is 4.90 Å². The van der Waals surface area contributed by atoms with Crippen LogP contribution in [-0.4, -0.2) is 33.6 Å². The highest BCUT2D eigenvalue weighted by Crippen LogP contribution is 2.29.